The lowest BCUT2D eigenvalue weighted by atomic mass is 10.2. The van der Waals surface area contributed by atoms with Gasteiger partial charge >= 0.3 is 0 Å². The maximum Gasteiger partial charge on any atom is 0.263 e. The van der Waals surface area contributed by atoms with Gasteiger partial charge in [-0.3, -0.25) is 18.6 Å². The van der Waals surface area contributed by atoms with Crippen molar-refractivity contribution in [3.05, 3.63) is 76.1 Å². The number of rotatable bonds is 6. The predicted octanol–water partition coefficient (Wildman–Crippen LogP) is 3.87. The number of carbonyl (C=O) groups is 1. The van der Waals surface area contributed by atoms with Gasteiger partial charge in [0.1, 0.15) is 6.07 Å². The number of thioether (sulfide) groups is 1. The molecule has 1 unspecified atom stereocenters. The zero-order valence-corrected chi connectivity index (χ0v) is 18.5. The van der Waals surface area contributed by atoms with Crippen molar-refractivity contribution in [2.45, 2.75) is 23.9 Å². The molecule has 0 fully saturated rings. The van der Waals surface area contributed by atoms with E-state index in [2.05, 4.69) is 22.1 Å². The van der Waals surface area contributed by atoms with E-state index >= 15 is 0 Å². The smallest absolute Gasteiger partial charge is 0.263 e. The maximum atomic E-state index is 12.9. The largest absolute Gasteiger partial charge is 0.325 e. The molecule has 2 aromatic heterocycles. The zero-order chi connectivity index (χ0) is 22.8. The Morgan fingerprint density at radius 3 is 2.84 bits per heavy atom. The molecule has 160 valence electrons. The van der Waals surface area contributed by atoms with Crippen LogP contribution in [0, 0.1) is 11.3 Å². The van der Waals surface area contributed by atoms with Crippen molar-refractivity contribution in [2.75, 3.05) is 5.32 Å². The van der Waals surface area contributed by atoms with Gasteiger partial charge in [0.15, 0.2) is 5.16 Å². The van der Waals surface area contributed by atoms with E-state index in [1.807, 2.05) is 18.2 Å². The fourth-order valence-electron chi connectivity index (χ4n) is 3.24. The molecule has 0 aliphatic rings. The molecule has 0 saturated heterocycles. The molecular weight excluding hydrogens is 448 g/mol. The number of nitriles is 1. The number of nitrogens with one attached hydrogen (secondary N) is 1. The molecule has 10 heteroatoms. The first-order valence-corrected chi connectivity index (χ1v) is 10.8. The highest BCUT2D eigenvalue weighted by atomic mass is 35.5. The molecule has 8 nitrogen and oxygen atoms in total. The highest BCUT2D eigenvalue weighted by Crippen LogP contribution is 2.26. The number of allylic oxidation sites excluding steroid dienone is 1. The van der Waals surface area contributed by atoms with Gasteiger partial charge in [-0.1, -0.05) is 41.6 Å². The molecular formula is C22H17ClN6O2S. The lowest BCUT2D eigenvalue weighted by Gasteiger charge is -2.13. The summed E-state index contributed by atoms with van der Waals surface area (Å²) in [6.45, 7) is 5.74. The Morgan fingerprint density at radius 2 is 2.12 bits per heavy atom. The number of aromatic nitrogens is 4. The van der Waals surface area contributed by atoms with E-state index < -0.39 is 5.25 Å². The summed E-state index contributed by atoms with van der Waals surface area (Å²) in [5.74, 6) is 0.110. The molecule has 32 heavy (non-hydrogen) atoms. The van der Waals surface area contributed by atoms with E-state index in [9.17, 15) is 9.59 Å². The first-order valence-electron chi connectivity index (χ1n) is 9.59. The third-order valence-corrected chi connectivity index (χ3v) is 6.15. The number of anilines is 1. The van der Waals surface area contributed by atoms with Crippen LogP contribution in [0.5, 0.6) is 0 Å². The number of para-hydroxylation sites is 1. The Hall–Kier alpha value is -3.61. The summed E-state index contributed by atoms with van der Waals surface area (Å²) in [5.41, 5.74) is 1.30. The molecule has 1 N–H and O–H groups in total. The second-order valence-electron chi connectivity index (χ2n) is 6.90. The van der Waals surface area contributed by atoms with Crippen LogP contribution in [0.25, 0.3) is 16.7 Å². The number of halogens is 1. The van der Waals surface area contributed by atoms with Crippen LogP contribution >= 0.6 is 23.4 Å². The highest BCUT2D eigenvalue weighted by Gasteiger charge is 2.21. The summed E-state index contributed by atoms with van der Waals surface area (Å²) >= 11 is 7.26. The normalized spacial score (nSPS) is 11.9. The second-order valence-corrected chi connectivity index (χ2v) is 8.61. The second kappa shape index (κ2) is 8.86. The number of hydrogen-bond donors (Lipinski definition) is 1. The summed E-state index contributed by atoms with van der Waals surface area (Å²) in [4.78, 5) is 25.6. The van der Waals surface area contributed by atoms with Gasteiger partial charge in [0.25, 0.3) is 5.56 Å². The van der Waals surface area contributed by atoms with Crippen LogP contribution in [-0.2, 0) is 11.3 Å². The van der Waals surface area contributed by atoms with Gasteiger partial charge in [-0.15, -0.1) is 16.8 Å². The summed E-state index contributed by atoms with van der Waals surface area (Å²) in [6, 6.07) is 13.9. The molecule has 2 heterocycles. The van der Waals surface area contributed by atoms with Crippen molar-refractivity contribution in [1.82, 2.24) is 19.2 Å². The molecule has 2 aromatic carbocycles. The van der Waals surface area contributed by atoms with E-state index in [-0.39, 0.29) is 23.0 Å². The molecule has 0 bridgehead atoms. The van der Waals surface area contributed by atoms with Crippen molar-refractivity contribution in [1.29, 1.82) is 5.26 Å². The van der Waals surface area contributed by atoms with Crippen LogP contribution in [0.1, 0.15) is 12.5 Å². The van der Waals surface area contributed by atoms with Crippen molar-refractivity contribution < 1.29 is 4.79 Å². The number of benzene rings is 2. The average molecular weight is 465 g/mol. The van der Waals surface area contributed by atoms with Crippen molar-refractivity contribution in [3.63, 3.8) is 0 Å². The molecule has 0 aliphatic carbocycles. The first-order chi connectivity index (χ1) is 15.4. The van der Waals surface area contributed by atoms with Crippen LogP contribution in [0.15, 0.2) is 65.1 Å². The topological polar surface area (TPSA) is 105 Å². The summed E-state index contributed by atoms with van der Waals surface area (Å²) < 4.78 is 3.27. The van der Waals surface area contributed by atoms with E-state index in [0.717, 1.165) is 0 Å². The number of carbonyl (C=O) groups excluding carboxylic acids is 1. The van der Waals surface area contributed by atoms with Crippen LogP contribution in [0.2, 0.25) is 5.02 Å². The van der Waals surface area contributed by atoms with E-state index in [1.165, 1.54) is 22.4 Å². The summed E-state index contributed by atoms with van der Waals surface area (Å²) in [6.07, 6.45) is 1.62. The fourth-order valence-corrected chi connectivity index (χ4v) is 4.32. The lowest BCUT2D eigenvalue weighted by molar-refractivity contribution is -0.115. The van der Waals surface area contributed by atoms with E-state index in [1.54, 1.807) is 41.7 Å². The number of fused-ring (bicyclic) bond motifs is 3. The Kier molecular flexibility index (Phi) is 5.99. The molecule has 0 radical (unpaired) electrons. The standard InChI is InChI=1S/C22H17ClN6O2S/c1-3-10-28-20(31)16-6-4-5-7-18(16)29-21(28)26-27-22(29)32-13(2)19(30)25-15-9-8-14(12-24)17(23)11-15/h3-9,11,13H,1,10H2,2H3,(H,25,30). The molecule has 1 amide bonds. The molecule has 4 rings (SSSR count). The summed E-state index contributed by atoms with van der Waals surface area (Å²) in [7, 11) is 0. The molecule has 1 atom stereocenters. The van der Waals surface area contributed by atoms with Crippen LogP contribution in [0.3, 0.4) is 0 Å². The van der Waals surface area contributed by atoms with Gasteiger partial charge in [0.2, 0.25) is 11.7 Å². The van der Waals surface area contributed by atoms with Crippen LogP contribution < -0.4 is 10.9 Å². The molecule has 0 aliphatic heterocycles. The zero-order valence-electron chi connectivity index (χ0n) is 16.9. The third-order valence-electron chi connectivity index (χ3n) is 4.80. The van der Waals surface area contributed by atoms with Crippen LogP contribution in [0.4, 0.5) is 5.69 Å². The fraction of sp³-hybridized carbons (Fsp3) is 0.136. The lowest BCUT2D eigenvalue weighted by Crippen LogP contribution is -2.24. The Bertz CT molecular complexity index is 1470. The van der Waals surface area contributed by atoms with Gasteiger partial charge < -0.3 is 5.32 Å². The summed E-state index contributed by atoms with van der Waals surface area (Å²) in [5, 5.41) is 21.0. The minimum Gasteiger partial charge on any atom is -0.325 e. The minimum absolute atomic E-state index is 0.180. The Labute approximate surface area is 192 Å². The van der Waals surface area contributed by atoms with Gasteiger partial charge in [0, 0.05) is 12.2 Å². The molecule has 4 aromatic rings. The molecule has 0 saturated carbocycles. The van der Waals surface area contributed by atoms with Crippen LogP contribution in [-0.4, -0.2) is 30.3 Å². The molecule has 0 spiro atoms. The average Bonchev–Trinajstić information content (AvgIpc) is 3.20. The Morgan fingerprint density at radius 1 is 1.34 bits per heavy atom. The number of amides is 1. The van der Waals surface area contributed by atoms with Gasteiger partial charge in [0.05, 0.1) is 26.7 Å². The monoisotopic (exact) mass is 464 g/mol. The van der Waals surface area contributed by atoms with E-state index in [0.29, 0.717) is 33.1 Å². The van der Waals surface area contributed by atoms with Crippen molar-refractivity contribution in [3.8, 4) is 6.07 Å². The van der Waals surface area contributed by atoms with Crippen molar-refractivity contribution >= 4 is 51.6 Å². The van der Waals surface area contributed by atoms with Crippen molar-refractivity contribution in [2.24, 2.45) is 0 Å². The number of nitrogens with zero attached hydrogens (tertiary/aromatic N) is 5. The number of hydrogen-bond acceptors (Lipinski definition) is 6. The maximum absolute atomic E-state index is 12.9. The minimum atomic E-state index is -0.532. The Balaban J connectivity index is 1.68. The highest BCUT2D eigenvalue weighted by molar-refractivity contribution is 8.00. The first kappa shape index (κ1) is 21.6. The third kappa shape index (κ3) is 3.86. The SMILES string of the molecule is C=CCn1c(=O)c2ccccc2n2c(SC(C)C(=O)Nc3ccc(C#N)c(Cl)c3)nnc12. The quantitative estimate of drug-likeness (QED) is 0.343. The van der Waals surface area contributed by atoms with Gasteiger partial charge in [-0.25, -0.2) is 0 Å². The van der Waals surface area contributed by atoms with Gasteiger partial charge in [-0.05, 0) is 37.3 Å². The van der Waals surface area contributed by atoms with Gasteiger partial charge in [-0.2, -0.15) is 5.26 Å². The van der Waals surface area contributed by atoms with E-state index in [4.69, 9.17) is 16.9 Å². The predicted molar refractivity (Wildman–Crippen MR) is 125 cm³/mol.